The molecule has 0 aliphatic heterocycles. The van der Waals surface area contributed by atoms with Gasteiger partial charge in [-0.25, -0.2) is 5.48 Å². The molecule has 0 aromatic carbocycles. The molecule has 0 bridgehead atoms. The van der Waals surface area contributed by atoms with Crippen LogP contribution in [0.25, 0.3) is 0 Å². The van der Waals surface area contributed by atoms with Crippen LogP contribution in [-0.2, 0) is 9.59 Å². The summed E-state index contributed by atoms with van der Waals surface area (Å²) in [7, 11) is 0. The second kappa shape index (κ2) is 6.14. The van der Waals surface area contributed by atoms with E-state index in [9.17, 15) is 9.59 Å². The lowest BCUT2D eigenvalue weighted by Crippen LogP contribution is -2.14. The fourth-order valence-electron chi connectivity index (χ4n) is 0.754. The molecule has 0 aliphatic rings. The van der Waals surface area contributed by atoms with Crippen LogP contribution in [-0.4, -0.2) is 17.4 Å². The first-order valence-corrected chi connectivity index (χ1v) is 3.86. The van der Waals surface area contributed by atoms with Crippen LogP contribution in [0.4, 0.5) is 0 Å². The minimum atomic E-state index is -0.591. The Balaban J connectivity index is 4.20. The summed E-state index contributed by atoms with van der Waals surface area (Å²) >= 11 is 0. The largest absolute Gasteiger partial charge is 0.303 e. The molecule has 0 fully saturated rings. The van der Waals surface area contributed by atoms with Crippen LogP contribution in [0.1, 0.15) is 13.8 Å². The number of rotatable bonds is 4. The van der Waals surface area contributed by atoms with Gasteiger partial charge in [0.15, 0.2) is 0 Å². The number of hydroxylamine groups is 1. The number of aldehydes is 1. The van der Waals surface area contributed by atoms with Crippen LogP contribution in [0, 0.1) is 5.92 Å². The molecule has 13 heavy (non-hydrogen) atoms. The number of amides is 1. The first-order valence-electron chi connectivity index (χ1n) is 3.86. The topological polar surface area (TPSA) is 66.4 Å². The van der Waals surface area contributed by atoms with Crippen LogP contribution in [0.15, 0.2) is 23.8 Å². The average Bonchev–Trinajstić information content (AvgIpc) is 2.13. The standard InChI is InChI=1S/C9H13NO3/c1-7(5-8(2)6-11)3-4-9(12)10-13/h3-6,8,13H,1-2H3,(H,10,12). The molecule has 0 aliphatic carbocycles. The van der Waals surface area contributed by atoms with Gasteiger partial charge in [-0.1, -0.05) is 24.6 Å². The molecule has 0 aromatic heterocycles. The van der Waals surface area contributed by atoms with Crippen molar-refractivity contribution in [3.8, 4) is 0 Å². The molecule has 0 rings (SSSR count). The van der Waals surface area contributed by atoms with Gasteiger partial charge in [-0.3, -0.25) is 10.0 Å². The number of hydrogen-bond donors (Lipinski definition) is 2. The summed E-state index contributed by atoms with van der Waals surface area (Å²) in [5.41, 5.74) is 2.26. The van der Waals surface area contributed by atoms with Gasteiger partial charge in [0, 0.05) is 12.0 Å². The van der Waals surface area contributed by atoms with E-state index in [0.29, 0.717) is 0 Å². The fourth-order valence-corrected chi connectivity index (χ4v) is 0.754. The molecule has 0 saturated heterocycles. The lowest BCUT2D eigenvalue weighted by atomic mass is 10.1. The van der Waals surface area contributed by atoms with Crippen molar-refractivity contribution in [2.24, 2.45) is 5.92 Å². The molecule has 1 atom stereocenters. The summed E-state index contributed by atoms with van der Waals surface area (Å²) in [5.74, 6) is -0.756. The Labute approximate surface area is 76.9 Å². The molecule has 2 N–H and O–H groups in total. The molecule has 0 aromatic rings. The first-order chi connectivity index (χ1) is 6.10. The van der Waals surface area contributed by atoms with Gasteiger partial charge in [-0.15, -0.1) is 0 Å². The first kappa shape index (κ1) is 11.6. The normalized spacial score (nSPS) is 14.2. The van der Waals surface area contributed by atoms with Crippen LogP contribution in [0.2, 0.25) is 0 Å². The summed E-state index contributed by atoms with van der Waals surface area (Å²) in [4.78, 5) is 20.8. The van der Waals surface area contributed by atoms with E-state index in [-0.39, 0.29) is 5.92 Å². The summed E-state index contributed by atoms with van der Waals surface area (Å²) in [6.07, 6.45) is 5.23. The molecule has 0 saturated carbocycles. The van der Waals surface area contributed by atoms with Gasteiger partial charge >= 0.3 is 0 Å². The highest BCUT2D eigenvalue weighted by molar-refractivity contribution is 5.86. The molecule has 0 spiro atoms. The Kier molecular flexibility index (Phi) is 5.47. The molecular weight excluding hydrogens is 170 g/mol. The third kappa shape index (κ3) is 5.81. The molecule has 0 heterocycles. The molecular formula is C9H13NO3. The minimum absolute atomic E-state index is 0.165. The quantitative estimate of drug-likeness (QED) is 0.223. The molecule has 72 valence electrons. The van der Waals surface area contributed by atoms with Gasteiger partial charge in [0.05, 0.1) is 0 Å². The van der Waals surface area contributed by atoms with Crippen molar-refractivity contribution in [2.45, 2.75) is 13.8 Å². The highest BCUT2D eigenvalue weighted by atomic mass is 16.5. The van der Waals surface area contributed by atoms with Gasteiger partial charge in [-0.2, -0.15) is 0 Å². The number of carbonyl (C=O) groups excluding carboxylic acids is 2. The number of carbonyl (C=O) groups is 2. The minimum Gasteiger partial charge on any atom is -0.303 e. The van der Waals surface area contributed by atoms with Crippen molar-refractivity contribution < 1.29 is 14.8 Å². The Morgan fingerprint density at radius 3 is 2.54 bits per heavy atom. The van der Waals surface area contributed by atoms with Crippen LogP contribution in [0.3, 0.4) is 0 Å². The van der Waals surface area contributed by atoms with Crippen molar-refractivity contribution >= 4 is 12.2 Å². The lowest BCUT2D eigenvalue weighted by Gasteiger charge is -1.95. The number of allylic oxidation sites excluding steroid dienone is 3. The van der Waals surface area contributed by atoms with Crippen LogP contribution in [0.5, 0.6) is 0 Å². The Morgan fingerprint density at radius 1 is 1.46 bits per heavy atom. The van der Waals surface area contributed by atoms with Gasteiger partial charge in [-0.05, 0) is 6.92 Å². The lowest BCUT2D eigenvalue weighted by molar-refractivity contribution is -0.124. The Morgan fingerprint density at radius 2 is 2.08 bits per heavy atom. The van der Waals surface area contributed by atoms with E-state index in [1.165, 1.54) is 17.6 Å². The summed E-state index contributed by atoms with van der Waals surface area (Å²) in [5, 5.41) is 8.15. The van der Waals surface area contributed by atoms with Crippen molar-refractivity contribution in [2.75, 3.05) is 0 Å². The van der Waals surface area contributed by atoms with Crippen molar-refractivity contribution in [3.05, 3.63) is 23.8 Å². The average molecular weight is 183 g/mol. The highest BCUT2D eigenvalue weighted by Crippen LogP contribution is 2.01. The van der Waals surface area contributed by atoms with E-state index in [1.54, 1.807) is 19.9 Å². The van der Waals surface area contributed by atoms with E-state index in [0.717, 1.165) is 11.9 Å². The molecule has 1 amide bonds. The van der Waals surface area contributed by atoms with E-state index in [1.807, 2.05) is 0 Å². The smallest absolute Gasteiger partial charge is 0.267 e. The highest BCUT2D eigenvalue weighted by Gasteiger charge is 1.94. The van der Waals surface area contributed by atoms with E-state index in [4.69, 9.17) is 5.21 Å². The third-order valence-corrected chi connectivity index (χ3v) is 1.35. The predicted molar refractivity (Wildman–Crippen MR) is 48.1 cm³/mol. The predicted octanol–water partition coefficient (Wildman–Crippen LogP) is 0.829. The molecule has 1 unspecified atom stereocenters. The monoisotopic (exact) mass is 183 g/mol. The van der Waals surface area contributed by atoms with E-state index in [2.05, 4.69) is 0 Å². The zero-order valence-corrected chi connectivity index (χ0v) is 7.65. The maximum atomic E-state index is 10.5. The summed E-state index contributed by atoms with van der Waals surface area (Å²) < 4.78 is 0. The van der Waals surface area contributed by atoms with Crippen molar-refractivity contribution in [3.63, 3.8) is 0 Å². The maximum absolute atomic E-state index is 10.5. The third-order valence-electron chi connectivity index (χ3n) is 1.35. The summed E-state index contributed by atoms with van der Waals surface area (Å²) in [6.45, 7) is 3.51. The Hall–Kier alpha value is -1.42. The zero-order valence-electron chi connectivity index (χ0n) is 7.65. The van der Waals surface area contributed by atoms with E-state index < -0.39 is 5.91 Å². The molecule has 0 radical (unpaired) electrons. The van der Waals surface area contributed by atoms with Crippen molar-refractivity contribution in [1.29, 1.82) is 0 Å². The van der Waals surface area contributed by atoms with E-state index >= 15 is 0 Å². The van der Waals surface area contributed by atoms with Gasteiger partial charge < -0.3 is 4.79 Å². The van der Waals surface area contributed by atoms with Crippen molar-refractivity contribution in [1.82, 2.24) is 5.48 Å². The molecule has 4 heteroatoms. The SMILES string of the molecule is CC(C=CC(=O)NO)=CC(C)C=O. The van der Waals surface area contributed by atoms with Gasteiger partial charge in [0.2, 0.25) is 0 Å². The molecule has 4 nitrogen and oxygen atoms in total. The second-order valence-electron chi connectivity index (χ2n) is 2.72. The van der Waals surface area contributed by atoms with Crippen LogP contribution < -0.4 is 5.48 Å². The summed E-state index contributed by atoms with van der Waals surface area (Å²) in [6, 6.07) is 0. The van der Waals surface area contributed by atoms with Gasteiger partial charge in [0.1, 0.15) is 6.29 Å². The second-order valence-corrected chi connectivity index (χ2v) is 2.72. The number of hydrogen-bond acceptors (Lipinski definition) is 3. The maximum Gasteiger partial charge on any atom is 0.267 e. The fraction of sp³-hybridized carbons (Fsp3) is 0.333. The zero-order chi connectivity index (χ0) is 10.3. The number of nitrogens with one attached hydrogen (secondary N) is 1. The van der Waals surface area contributed by atoms with Crippen LogP contribution >= 0.6 is 0 Å². The Bertz CT molecular complexity index is 243. The van der Waals surface area contributed by atoms with Gasteiger partial charge in [0.25, 0.3) is 5.91 Å².